The molecular formula is C26H34F3N6O2+. The summed E-state index contributed by atoms with van der Waals surface area (Å²) in [7, 11) is 1.91. The molecule has 3 N–H and O–H groups in total. The van der Waals surface area contributed by atoms with E-state index in [1.807, 2.05) is 40.1 Å². The number of carbonyl (C=O) groups excluding carboxylic acids is 1. The van der Waals surface area contributed by atoms with E-state index < -0.39 is 23.4 Å². The van der Waals surface area contributed by atoms with Gasteiger partial charge in [-0.3, -0.25) is 0 Å². The summed E-state index contributed by atoms with van der Waals surface area (Å²) < 4.78 is 47.4. The lowest BCUT2D eigenvalue weighted by Gasteiger charge is -2.38. The molecule has 1 aromatic carbocycles. The van der Waals surface area contributed by atoms with Gasteiger partial charge in [-0.05, 0) is 69.0 Å². The largest absolute Gasteiger partial charge is 0.516 e. The summed E-state index contributed by atoms with van der Waals surface area (Å²) >= 11 is 0. The lowest BCUT2D eigenvalue weighted by molar-refractivity contribution is -0.844. The Morgan fingerprint density at radius 1 is 1.19 bits per heavy atom. The summed E-state index contributed by atoms with van der Waals surface area (Å²) in [4.78, 5) is 17.1. The molecule has 4 rings (SSSR count). The van der Waals surface area contributed by atoms with Crippen molar-refractivity contribution in [2.45, 2.75) is 64.3 Å². The number of halogens is 3. The highest BCUT2D eigenvalue weighted by Gasteiger charge is 2.41. The molecule has 0 unspecified atom stereocenters. The van der Waals surface area contributed by atoms with Gasteiger partial charge in [0.25, 0.3) is 0 Å². The SMILES string of the molecule is C[C@@H](Nc1ncnn2cc(C3CC[N+](C)(C(=O)OC(C)(C)C)CC3)cc12)c1cc(N)cc(C(F)(F)F)c1. The summed E-state index contributed by atoms with van der Waals surface area (Å²) in [5.41, 5.74) is 6.67. The lowest BCUT2D eigenvalue weighted by atomic mass is 9.90. The third-order valence-corrected chi connectivity index (χ3v) is 6.83. The van der Waals surface area contributed by atoms with E-state index in [1.165, 1.54) is 12.4 Å². The quantitative estimate of drug-likeness (QED) is 0.336. The number of likely N-dealkylation sites (tertiary alicyclic amines) is 1. The Kier molecular flexibility index (Phi) is 6.87. The number of hydrogen-bond acceptors (Lipinski definition) is 6. The van der Waals surface area contributed by atoms with Crippen LogP contribution in [-0.4, -0.2) is 50.9 Å². The van der Waals surface area contributed by atoms with Crippen molar-refractivity contribution in [2.24, 2.45) is 0 Å². The highest BCUT2D eigenvalue weighted by Crippen LogP contribution is 2.35. The Balaban J connectivity index is 1.51. The van der Waals surface area contributed by atoms with Crippen LogP contribution in [0.4, 0.5) is 29.5 Å². The maximum Gasteiger partial charge on any atom is 0.516 e. The van der Waals surface area contributed by atoms with Gasteiger partial charge in [-0.15, -0.1) is 0 Å². The zero-order valence-electron chi connectivity index (χ0n) is 21.8. The van der Waals surface area contributed by atoms with Crippen LogP contribution in [0.15, 0.2) is 36.8 Å². The average molecular weight is 520 g/mol. The van der Waals surface area contributed by atoms with Gasteiger partial charge in [0, 0.05) is 24.7 Å². The molecule has 37 heavy (non-hydrogen) atoms. The van der Waals surface area contributed by atoms with Crippen LogP contribution < -0.4 is 11.1 Å². The van der Waals surface area contributed by atoms with Crippen LogP contribution >= 0.6 is 0 Å². The first-order valence-electron chi connectivity index (χ1n) is 12.3. The van der Waals surface area contributed by atoms with E-state index in [2.05, 4.69) is 15.4 Å². The van der Waals surface area contributed by atoms with Crippen molar-refractivity contribution in [2.75, 3.05) is 31.2 Å². The number of quaternary nitrogens is 1. The summed E-state index contributed by atoms with van der Waals surface area (Å²) in [6.45, 7) is 8.69. The first-order chi connectivity index (χ1) is 17.1. The summed E-state index contributed by atoms with van der Waals surface area (Å²) in [5.74, 6) is 0.749. The Bertz CT molecular complexity index is 1290. The number of fused-ring (bicyclic) bond motifs is 1. The van der Waals surface area contributed by atoms with Gasteiger partial charge >= 0.3 is 12.3 Å². The predicted molar refractivity (Wildman–Crippen MR) is 135 cm³/mol. The maximum atomic E-state index is 13.3. The van der Waals surface area contributed by atoms with Gasteiger partial charge in [0.15, 0.2) is 5.82 Å². The van der Waals surface area contributed by atoms with Crippen molar-refractivity contribution in [3.63, 3.8) is 0 Å². The molecule has 3 aromatic rings. The molecule has 2 aromatic heterocycles. The van der Waals surface area contributed by atoms with Crippen LogP contribution in [0.2, 0.25) is 0 Å². The van der Waals surface area contributed by atoms with E-state index in [0.717, 1.165) is 36.1 Å². The number of nitrogens with two attached hydrogens (primary N) is 1. The van der Waals surface area contributed by atoms with Crippen molar-refractivity contribution in [1.82, 2.24) is 14.6 Å². The first kappa shape index (κ1) is 26.7. The van der Waals surface area contributed by atoms with Gasteiger partial charge in [0.05, 0.1) is 31.7 Å². The number of nitrogen functional groups attached to an aromatic ring is 1. The molecule has 11 heteroatoms. The summed E-state index contributed by atoms with van der Waals surface area (Å²) in [6, 6.07) is 5.07. The molecule has 8 nitrogen and oxygen atoms in total. The topological polar surface area (TPSA) is 94.5 Å². The van der Waals surface area contributed by atoms with E-state index in [-0.39, 0.29) is 22.2 Å². The van der Waals surface area contributed by atoms with E-state index in [1.54, 1.807) is 11.4 Å². The number of nitrogens with zero attached hydrogens (tertiary/aromatic N) is 4. The molecule has 0 saturated carbocycles. The highest BCUT2D eigenvalue weighted by atomic mass is 19.4. The summed E-state index contributed by atoms with van der Waals surface area (Å²) in [6.07, 6.45) is 0.272. The zero-order chi connectivity index (χ0) is 27.2. The predicted octanol–water partition coefficient (Wildman–Crippen LogP) is 5.76. The normalized spacial score (nSPS) is 21.6. The number of rotatable bonds is 4. The van der Waals surface area contributed by atoms with Gasteiger partial charge in [-0.2, -0.15) is 23.1 Å². The van der Waals surface area contributed by atoms with Gasteiger partial charge in [0.1, 0.15) is 17.4 Å². The third-order valence-electron chi connectivity index (χ3n) is 6.83. The van der Waals surface area contributed by atoms with Gasteiger partial charge in [-0.25, -0.2) is 14.0 Å². The number of alkyl halides is 3. The van der Waals surface area contributed by atoms with Crippen molar-refractivity contribution in [3.05, 3.63) is 53.5 Å². The number of aromatic nitrogens is 3. The van der Waals surface area contributed by atoms with Gasteiger partial charge in [0.2, 0.25) is 0 Å². The Labute approximate surface area is 214 Å². The van der Waals surface area contributed by atoms with Crippen LogP contribution in [-0.2, 0) is 10.9 Å². The number of ether oxygens (including phenoxy) is 1. The molecular weight excluding hydrogens is 485 g/mol. The zero-order valence-corrected chi connectivity index (χ0v) is 21.8. The van der Waals surface area contributed by atoms with Crippen molar-refractivity contribution < 1.29 is 27.2 Å². The minimum absolute atomic E-state index is 0.0466. The molecule has 1 atom stereocenters. The number of anilines is 2. The molecule has 0 aliphatic carbocycles. The standard InChI is InChI=1S/C26H34F3N6O2/c1-16(18-10-20(26(27,28)29)13-21(30)11-18)33-23-22-12-19(14-34(22)32-15-31-23)17-6-8-35(5,9-7-17)24(36)37-25(2,3)4/h10-17H,6-9,30H2,1-5H3,(H,31,32,33)/q+1/t16-,17?,35?/m1/s1. The lowest BCUT2D eigenvalue weighted by Crippen LogP contribution is -2.55. The van der Waals surface area contributed by atoms with E-state index in [9.17, 15) is 18.0 Å². The molecule has 200 valence electrons. The number of hydrogen-bond donors (Lipinski definition) is 2. The molecule has 1 fully saturated rings. The highest BCUT2D eigenvalue weighted by molar-refractivity contribution is 5.69. The van der Waals surface area contributed by atoms with Crippen LogP contribution in [0.1, 0.15) is 69.2 Å². The number of carbonyl (C=O) groups is 1. The molecule has 1 aliphatic rings. The Hall–Kier alpha value is -3.34. The van der Waals surface area contributed by atoms with Crippen LogP contribution in [0.25, 0.3) is 5.52 Å². The van der Waals surface area contributed by atoms with Crippen LogP contribution in [0.3, 0.4) is 0 Å². The van der Waals surface area contributed by atoms with Crippen molar-refractivity contribution in [3.8, 4) is 0 Å². The second-order valence-corrected chi connectivity index (χ2v) is 11.1. The van der Waals surface area contributed by atoms with Crippen LogP contribution in [0.5, 0.6) is 0 Å². The maximum absolute atomic E-state index is 13.3. The monoisotopic (exact) mass is 519 g/mol. The number of benzene rings is 1. The fourth-order valence-corrected chi connectivity index (χ4v) is 4.69. The fourth-order valence-electron chi connectivity index (χ4n) is 4.69. The number of amides is 1. The second kappa shape index (κ2) is 9.51. The molecule has 1 saturated heterocycles. The molecule has 3 heterocycles. The minimum atomic E-state index is -4.49. The third kappa shape index (κ3) is 5.98. The Morgan fingerprint density at radius 3 is 2.49 bits per heavy atom. The summed E-state index contributed by atoms with van der Waals surface area (Å²) in [5, 5.41) is 7.53. The number of piperidine rings is 1. The van der Waals surface area contributed by atoms with Crippen LogP contribution in [0, 0.1) is 0 Å². The van der Waals surface area contributed by atoms with Gasteiger partial charge in [-0.1, -0.05) is 0 Å². The van der Waals surface area contributed by atoms with E-state index in [4.69, 9.17) is 10.5 Å². The molecule has 1 aliphatic heterocycles. The number of nitrogens with one attached hydrogen (secondary N) is 1. The smallest absolute Gasteiger partial charge is 0.414 e. The fraction of sp³-hybridized carbons (Fsp3) is 0.500. The molecule has 0 spiro atoms. The molecule has 0 radical (unpaired) electrons. The molecule has 1 amide bonds. The van der Waals surface area contributed by atoms with Gasteiger partial charge < -0.3 is 15.8 Å². The Morgan fingerprint density at radius 2 is 1.86 bits per heavy atom. The van der Waals surface area contributed by atoms with Crippen molar-refractivity contribution >= 4 is 23.1 Å². The first-order valence-corrected chi connectivity index (χ1v) is 12.3. The second-order valence-electron chi connectivity index (χ2n) is 11.1. The minimum Gasteiger partial charge on any atom is -0.414 e. The van der Waals surface area contributed by atoms with E-state index in [0.29, 0.717) is 24.5 Å². The van der Waals surface area contributed by atoms with Crippen molar-refractivity contribution in [1.29, 1.82) is 0 Å². The van der Waals surface area contributed by atoms with E-state index >= 15 is 0 Å². The molecule has 0 bridgehead atoms. The average Bonchev–Trinajstić information content (AvgIpc) is 3.23.